The quantitative estimate of drug-likeness (QED) is 0.147. The Morgan fingerprint density at radius 3 is 1.27 bits per heavy atom. The van der Waals surface area contributed by atoms with E-state index in [1.807, 2.05) is 145 Å². The van der Waals surface area contributed by atoms with E-state index < -0.39 is 0 Å². The normalized spacial score (nSPS) is 8.41. The SMILES string of the molecule is CC.CC.CC.CC.CC.CC.CC.CC1=CCN=N1.Cc1cn[nH]n1.Cc1cn[nH]n1.Cc1cnco1.Cc1cocn1.Cc1ncco1.Cn1ccnn1. The molecule has 0 amide bonds. The van der Waals surface area contributed by atoms with Crippen LogP contribution in [-0.4, -0.2) is 67.3 Å². The molecule has 17 nitrogen and oxygen atoms in total. The highest BCUT2D eigenvalue weighted by molar-refractivity contribution is 4.99. The topological polar surface area (TPSA) is 217 Å². The number of H-pyrrole nitrogens is 2. The third kappa shape index (κ3) is 57.7. The zero-order chi connectivity index (χ0) is 44.8. The highest BCUT2D eigenvalue weighted by atomic mass is 16.3. The summed E-state index contributed by atoms with van der Waals surface area (Å²) in [7, 11) is 1.83. The number of oxazole rings is 3. The van der Waals surface area contributed by atoms with Crippen molar-refractivity contribution in [2.45, 2.75) is 138 Å². The molecule has 322 valence electrons. The number of nitrogens with one attached hydrogen (secondary N) is 2. The van der Waals surface area contributed by atoms with Gasteiger partial charge in [-0.25, -0.2) is 15.0 Å². The van der Waals surface area contributed by atoms with Crippen LogP contribution in [0.3, 0.4) is 0 Å². The third-order valence-electron chi connectivity index (χ3n) is 3.98. The Kier molecular flexibility index (Phi) is 71.6. The smallest absolute Gasteiger partial charge is 0.190 e. The Balaban J connectivity index is -0.0000000950. The van der Waals surface area contributed by atoms with Crippen molar-refractivity contribution in [3.63, 3.8) is 0 Å². The Bertz CT molecular complexity index is 1150. The van der Waals surface area contributed by atoms with E-state index in [1.54, 1.807) is 61.3 Å². The number of azo groups is 1. The van der Waals surface area contributed by atoms with Gasteiger partial charge in [-0.3, -0.25) is 4.68 Å². The molecule has 0 atom stereocenters. The summed E-state index contributed by atoms with van der Waals surface area (Å²) in [5.74, 6) is 1.57. The largest absolute Gasteiger partial charge is 0.452 e. The molecule has 7 rings (SSSR count). The van der Waals surface area contributed by atoms with Crippen LogP contribution in [0.2, 0.25) is 0 Å². The van der Waals surface area contributed by atoms with Gasteiger partial charge in [0.1, 0.15) is 18.3 Å². The highest BCUT2D eigenvalue weighted by Gasteiger charge is 1.87. The van der Waals surface area contributed by atoms with Gasteiger partial charge in [-0.05, 0) is 40.7 Å². The van der Waals surface area contributed by atoms with E-state index in [2.05, 4.69) is 70.7 Å². The average Bonchev–Trinajstić information content (AvgIpc) is 4.11. The summed E-state index contributed by atoms with van der Waals surface area (Å²) in [5, 5.41) is 33.9. The lowest BCUT2D eigenvalue weighted by molar-refractivity contribution is 0.521. The van der Waals surface area contributed by atoms with Crippen LogP contribution in [0.1, 0.15) is 133 Å². The van der Waals surface area contributed by atoms with Crippen LogP contribution in [0.25, 0.3) is 0 Å². The second-order valence-electron chi connectivity index (χ2n) is 7.86. The first-order valence-electron chi connectivity index (χ1n) is 19.3. The minimum atomic E-state index is 0.718. The fourth-order valence-corrected chi connectivity index (χ4v) is 2.00. The van der Waals surface area contributed by atoms with E-state index in [0.717, 1.165) is 41.0 Å². The molecule has 0 aliphatic carbocycles. The van der Waals surface area contributed by atoms with Crippen LogP contribution in [0.5, 0.6) is 0 Å². The fourth-order valence-electron chi connectivity index (χ4n) is 2.00. The van der Waals surface area contributed by atoms with Crippen molar-refractivity contribution in [1.29, 1.82) is 0 Å². The molecule has 0 saturated carbocycles. The maximum Gasteiger partial charge on any atom is 0.190 e. The van der Waals surface area contributed by atoms with Gasteiger partial charge in [0.2, 0.25) is 0 Å². The summed E-state index contributed by atoms with van der Waals surface area (Å²) in [6, 6.07) is 0. The maximum atomic E-state index is 4.72. The number of hydrogen-bond acceptors (Lipinski definition) is 14. The zero-order valence-corrected chi connectivity index (χ0v) is 38.6. The van der Waals surface area contributed by atoms with Crippen molar-refractivity contribution in [2.75, 3.05) is 6.54 Å². The van der Waals surface area contributed by atoms with Crippen molar-refractivity contribution >= 4 is 0 Å². The zero-order valence-electron chi connectivity index (χ0n) is 38.6. The summed E-state index contributed by atoms with van der Waals surface area (Å²) in [6.07, 6.45) is 18.0. The van der Waals surface area contributed by atoms with Crippen LogP contribution >= 0.6 is 0 Å². The van der Waals surface area contributed by atoms with E-state index in [1.165, 1.54) is 12.8 Å². The Morgan fingerprint density at radius 1 is 0.625 bits per heavy atom. The van der Waals surface area contributed by atoms with E-state index in [0.29, 0.717) is 0 Å². The van der Waals surface area contributed by atoms with Crippen molar-refractivity contribution in [1.82, 2.24) is 60.8 Å². The molecule has 1 aliphatic rings. The molecule has 56 heavy (non-hydrogen) atoms. The Hall–Kier alpha value is -5.61. The minimum Gasteiger partial charge on any atom is -0.452 e. The van der Waals surface area contributed by atoms with E-state index >= 15 is 0 Å². The molecule has 6 aromatic heterocycles. The lowest BCUT2D eigenvalue weighted by Gasteiger charge is -1.74. The van der Waals surface area contributed by atoms with Crippen LogP contribution in [0.4, 0.5) is 0 Å². The number of allylic oxidation sites excluding steroid dienone is 1. The first kappa shape index (κ1) is 65.3. The summed E-state index contributed by atoms with van der Waals surface area (Å²) in [6.45, 7) is 40.0. The molecule has 0 bridgehead atoms. The van der Waals surface area contributed by atoms with Gasteiger partial charge in [-0.2, -0.15) is 41.0 Å². The predicted molar refractivity (Wildman–Crippen MR) is 230 cm³/mol. The van der Waals surface area contributed by atoms with Gasteiger partial charge >= 0.3 is 0 Å². The van der Waals surface area contributed by atoms with Crippen molar-refractivity contribution < 1.29 is 13.3 Å². The van der Waals surface area contributed by atoms with Crippen LogP contribution in [0.15, 0.2) is 97.7 Å². The number of nitrogens with zero attached hydrogens (tertiary/aromatic N) is 12. The molecule has 0 fully saturated rings. The second kappa shape index (κ2) is 61.4. The van der Waals surface area contributed by atoms with E-state index in [-0.39, 0.29) is 0 Å². The molecule has 6 aromatic rings. The molecule has 7 heterocycles. The Labute approximate surface area is 338 Å². The van der Waals surface area contributed by atoms with E-state index in [9.17, 15) is 0 Å². The molecule has 0 unspecified atom stereocenters. The summed E-state index contributed by atoms with van der Waals surface area (Å²) >= 11 is 0. The molecule has 2 N–H and O–H groups in total. The maximum absolute atomic E-state index is 4.72. The van der Waals surface area contributed by atoms with Crippen molar-refractivity contribution in [2.24, 2.45) is 17.3 Å². The van der Waals surface area contributed by atoms with Crippen molar-refractivity contribution in [3.8, 4) is 0 Å². The molecule has 0 aromatic carbocycles. The van der Waals surface area contributed by atoms with E-state index in [4.69, 9.17) is 8.83 Å². The van der Waals surface area contributed by atoms with Gasteiger partial charge in [0.05, 0.1) is 60.3 Å². The van der Waals surface area contributed by atoms with Crippen LogP contribution < -0.4 is 0 Å². The lowest BCUT2D eigenvalue weighted by atomic mass is 10.5. The van der Waals surface area contributed by atoms with Gasteiger partial charge in [0, 0.05) is 20.2 Å². The number of aromatic nitrogens is 12. The average molecular weight is 791 g/mol. The van der Waals surface area contributed by atoms with Crippen LogP contribution in [-0.2, 0) is 7.05 Å². The molecular weight excluding hydrogens is 713 g/mol. The lowest BCUT2D eigenvalue weighted by Crippen LogP contribution is -1.85. The van der Waals surface area contributed by atoms with Gasteiger partial charge in [-0.1, -0.05) is 102 Å². The third-order valence-corrected chi connectivity index (χ3v) is 3.98. The number of rotatable bonds is 0. The first-order chi connectivity index (χ1) is 27.3. The van der Waals surface area contributed by atoms with Crippen LogP contribution in [0, 0.1) is 34.6 Å². The second-order valence-corrected chi connectivity index (χ2v) is 7.86. The van der Waals surface area contributed by atoms with Gasteiger partial charge < -0.3 is 13.3 Å². The highest BCUT2D eigenvalue weighted by Crippen LogP contribution is 2.01. The predicted octanol–water partition coefficient (Wildman–Crippen LogP) is 11.5. The summed E-state index contributed by atoms with van der Waals surface area (Å²) in [4.78, 5) is 11.2. The molecule has 0 radical (unpaired) electrons. The van der Waals surface area contributed by atoms with Gasteiger partial charge in [0.15, 0.2) is 18.7 Å². The fraction of sp³-hybridized carbons (Fsp3) is 0.564. The number of aryl methyl sites for hydroxylation is 6. The summed E-state index contributed by atoms with van der Waals surface area (Å²) < 4.78 is 15.7. The monoisotopic (exact) mass is 791 g/mol. The minimum absolute atomic E-state index is 0.718. The van der Waals surface area contributed by atoms with Gasteiger partial charge in [-0.15, -0.1) is 5.10 Å². The standard InChI is InChI=1S/C4H6N2.3C4H5NO.3C3H5N3.7C2H6/c1-4-2-3-5-6-4;1-4-2-6-3-5-4;1-4-2-5-3-6-4;1-4-5-2-3-6-4;1-6-3-2-4-5-6;2*1-3-2-4-6-5-3;7*1-2/h2H,3H2,1H3;4*2-3H,1H3;2*2H,1H3,(H,4,5,6);7*1-2H3. The van der Waals surface area contributed by atoms with Gasteiger partial charge in [0.25, 0.3) is 0 Å². The summed E-state index contributed by atoms with van der Waals surface area (Å²) in [5.41, 5.74) is 3.81. The first-order valence-corrected chi connectivity index (χ1v) is 19.3. The molecule has 1 aliphatic heterocycles. The number of hydrogen-bond donors (Lipinski definition) is 2. The molecule has 17 heteroatoms. The molecule has 0 saturated heterocycles. The molecule has 0 spiro atoms. The Morgan fingerprint density at radius 2 is 1.16 bits per heavy atom. The number of aromatic amines is 2. The van der Waals surface area contributed by atoms with Crippen molar-refractivity contribution in [3.05, 3.63) is 103 Å². The molecular formula is C39H78N14O3.